The van der Waals surface area contributed by atoms with Crippen LogP contribution in [0.1, 0.15) is 5.56 Å². The van der Waals surface area contributed by atoms with Crippen LogP contribution in [0.2, 0.25) is 0 Å². The first-order valence-electron chi connectivity index (χ1n) is 21.5. The lowest BCUT2D eigenvalue weighted by Crippen LogP contribution is -2.02. The highest BCUT2D eigenvalue weighted by Crippen LogP contribution is 2.43. The summed E-state index contributed by atoms with van der Waals surface area (Å²) in [5, 5.41) is 4.88. The molecule has 0 spiro atoms. The number of hydrogen-bond donors (Lipinski definition) is 0. The third-order valence-corrected chi connectivity index (χ3v) is 12.4. The van der Waals surface area contributed by atoms with Crippen molar-refractivity contribution in [3.63, 3.8) is 0 Å². The van der Waals surface area contributed by atoms with Gasteiger partial charge in [-0.3, -0.25) is 0 Å². The van der Waals surface area contributed by atoms with E-state index < -0.39 is 0 Å². The zero-order valence-electron chi connectivity index (χ0n) is 34.7. The van der Waals surface area contributed by atoms with Gasteiger partial charge in [0, 0.05) is 49.4 Å². The predicted molar refractivity (Wildman–Crippen MR) is 263 cm³/mol. The number of para-hydroxylation sites is 4. The second kappa shape index (κ2) is 15.0. The first-order chi connectivity index (χ1) is 31.2. The molecule has 12 aromatic rings. The number of nitrogens with zero attached hydrogens (tertiary/aromatic N) is 4. The molecule has 0 aliphatic rings. The van der Waals surface area contributed by atoms with E-state index in [0.29, 0.717) is 5.82 Å². The summed E-state index contributed by atoms with van der Waals surface area (Å²) < 4.78 is 4.89. The minimum atomic E-state index is 0.690. The van der Waals surface area contributed by atoms with E-state index in [1.165, 1.54) is 49.3 Å². The fourth-order valence-corrected chi connectivity index (χ4v) is 9.41. The van der Waals surface area contributed by atoms with E-state index in [0.717, 1.165) is 61.6 Å². The molecule has 0 N–H and O–H groups in total. The quantitative estimate of drug-likeness (QED) is 0.161. The molecule has 0 unspecified atom stereocenters. The van der Waals surface area contributed by atoms with E-state index >= 15 is 0 Å². The molecule has 0 aliphatic carbocycles. The number of aromatic nitrogens is 4. The van der Waals surface area contributed by atoms with Crippen LogP contribution in [-0.2, 0) is 0 Å². The third-order valence-electron chi connectivity index (χ3n) is 12.4. The maximum Gasteiger partial charge on any atom is 0.160 e. The molecule has 9 aromatic carbocycles. The van der Waals surface area contributed by atoms with Crippen LogP contribution >= 0.6 is 0 Å². The molecule has 296 valence electrons. The molecular weight excluding hydrogens is 765 g/mol. The largest absolute Gasteiger partial charge is 0.309 e. The van der Waals surface area contributed by atoms with Crippen molar-refractivity contribution >= 4 is 43.6 Å². The van der Waals surface area contributed by atoms with Crippen LogP contribution in [0.25, 0.3) is 111 Å². The van der Waals surface area contributed by atoms with Crippen molar-refractivity contribution < 1.29 is 0 Å². The molecule has 0 saturated carbocycles. The van der Waals surface area contributed by atoms with Gasteiger partial charge in [0.2, 0.25) is 0 Å². The van der Waals surface area contributed by atoms with Crippen molar-refractivity contribution in [2.24, 2.45) is 0 Å². The summed E-state index contributed by atoms with van der Waals surface area (Å²) in [5.41, 5.74) is 17.4. The molecular formula is C59H40N4. The predicted octanol–water partition coefficient (Wildman–Crippen LogP) is 15.3. The molecule has 0 aliphatic heterocycles. The number of aryl methyl sites for hydroxylation is 1. The molecule has 3 aromatic heterocycles. The summed E-state index contributed by atoms with van der Waals surface area (Å²) in [6.45, 7) is 2.14. The van der Waals surface area contributed by atoms with Crippen LogP contribution in [0.5, 0.6) is 0 Å². The molecule has 4 nitrogen and oxygen atoms in total. The Morgan fingerprint density at radius 3 is 1.43 bits per heavy atom. The van der Waals surface area contributed by atoms with E-state index in [1.807, 2.05) is 24.3 Å². The summed E-state index contributed by atoms with van der Waals surface area (Å²) in [6, 6.07) is 80.5. The normalized spacial score (nSPS) is 11.6. The van der Waals surface area contributed by atoms with Crippen molar-refractivity contribution in [1.82, 2.24) is 19.1 Å². The zero-order chi connectivity index (χ0) is 41.9. The maximum atomic E-state index is 5.30. The van der Waals surface area contributed by atoms with Crippen molar-refractivity contribution in [3.8, 4) is 67.5 Å². The van der Waals surface area contributed by atoms with Gasteiger partial charge in [-0.1, -0.05) is 175 Å². The number of rotatable bonds is 7. The molecule has 0 atom stereocenters. The number of hydrogen-bond acceptors (Lipinski definition) is 2. The Morgan fingerprint density at radius 1 is 0.302 bits per heavy atom. The summed E-state index contributed by atoms with van der Waals surface area (Å²) in [7, 11) is 0. The minimum absolute atomic E-state index is 0.690. The second-order valence-corrected chi connectivity index (χ2v) is 16.3. The van der Waals surface area contributed by atoms with Gasteiger partial charge in [0.25, 0.3) is 0 Å². The van der Waals surface area contributed by atoms with Gasteiger partial charge >= 0.3 is 0 Å². The molecule has 0 radical (unpaired) electrons. The lowest BCUT2D eigenvalue weighted by Gasteiger charge is -2.20. The van der Waals surface area contributed by atoms with Crippen molar-refractivity contribution in [1.29, 1.82) is 0 Å². The second-order valence-electron chi connectivity index (χ2n) is 16.3. The van der Waals surface area contributed by atoms with Crippen LogP contribution < -0.4 is 0 Å². The highest BCUT2D eigenvalue weighted by Gasteiger charge is 2.22. The molecule has 3 heterocycles. The Hall–Kier alpha value is -8.34. The SMILES string of the molecule is Cc1ccc(-c2ccc3c(c2)c2ccccc2n3-c2ccc(-c3cc(-c4ccccc4)nc(-c4ccccc4)n3)cc2-c2ccccc2-n2c3ccccc3c3ccccc32)cc1. The summed E-state index contributed by atoms with van der Waals surface area (Å²) in [5.74, 6) is 0.690. The van der Waals surface area contributed by atoms with E-state index in [1.54, 1.807) is 0 Å². The molecule has 12 rings (SSSR count). The molecule has 0 fully saturated rings. The van der Waals surface area contributed by atoms with Crippen LogP contribution in [0, 0.1) is 6.92 Å². The van der Waals surface area contributed by atoms with E-state index in [9.17, 15) is 0 Å². The van der Waals surface area contributed by atoms with Gasteiger partial charge in [-0.2, -0.15) is 0 Å². The first-order valence-corrected chi connectivity index (χ1v) is 21.5. The van der Waals surface area contributed by atoms with Crippen LogP contribution in [0.15, 0.2) is 224 Å². The van der Waals surface area contributed by atoms with Gasteiger partial charge in [0.05, 0.1) is 44.8 Å². The first kappa shape index (κ1) is 36.5. The van der Waals surface area contributed by atoms with Crippen LogP contribution in [0.3, 0.4) is 0 Å². The summed E-state index contributed by atoms with van der Waals surface area (Å²) in [4.78, 5) is 10.4. The van der Waals surface area contributed by atoms with E-state index in [-0.39, 0.29) is 0 Å². The van der Waals surface area contributed by atoms with Crippen LogP contribution in [0.4, 0.5) is 0 Å². The molecule has 63 heavy (non-hydrogen) atoms. The highest BCUT2D eigenvalue weighted by molar-refractivity contribution is 6.12. The van der Waals surface area contributed by atoms with E-state index in [4.69, 9.17) is 9.97 Å². The van der Waals surface area contributed by atoms with Crippen LogP contribution in [-0.4, -0.2) is 19.1 Å². The lowest BCUT2D eigenvalue weighted by molar-refractivity contribution is 1.16. The minimum Gasteiger partial charge on any atom is -0.309 e. The Balaban J connectivity index is 1.15. The smallest absolute Gasteiger partial charge is 0.160 e. The number of benzene rings is 9. The lowest BCUT2D eigenvalue weighted by atomic mass is 9.96. The molecule has 0 bridgehead atoms. The van der Waals surface area contributed by atoms with Gasteiger partial charge in [-0.05, 0) is 72.6 Å². The molecule has 0 amide bonds. The van der Waals surface area contributed by atoms with E-state index in [2.05, 4.69) is 216 Å². The van der Waals surface area contributed by atoms with Gasteiger partial charge < -0.3 is 9.13 Å². The highest BCUT2D eigenvalue weighted by atomic mass is 15.0. The monoisotopic (exact) mass is 804 g/mol. The standard InChI is InChI=1S/C59H40N4/c1-39-28-30-40(31-29-39)43-32-34-57-49(36-43)47-22-10-15-27-56(47)63(57)58-35-33-44(52-38-51(41-16-4-2-5-17-41)60-59(61-52)42-18-6-3-7-19-42)37-50(58)48-23-11-14-26-55(48)62-53-24-12-8-20-45(53)46-21-9-13-25-54(46)62/h2-38H,1H3. The summed E-state index contributed by atoms with van der Waals surface area (Å²) in [6.07, 6.45) is 0. The fourth-order valence-electron chi connectivity index (χ4n) is 9.41. The van der Waals surface area contributed by atoms with Crippen molar-refractivity contribution in [3.05, 3.63) is 230 Å². The maximum absolute atomic E-state index is 5.30. The Kier molecular flexibility index (Phi) is 8.68. The zero-order valence-corrected chi connectivity index (χ0v) is 34.7. The Labute approximate surface area is 365 Å². The van der Waals surface area contributed by atoms with Gasteiger partial charge in [0.1, 0.15) is 0 Å². The number of fused-ring (bicyclic) bond motifs is 6. The van der Waals surface area contributed by atoms with Gasteiger partial charge in [-0.15, -0.1) is 0 Å². The van der Waals surface area contributed by atoms with Gasteiger partial charge in [0.15, 0.2) is 5.82 Å². The Morgan fingerprint density at radius 2 is 0.778 bits per heavy atom. The third kappa shape index (κ3) is 6.23. The average Bonchev–Trinajstić information content (AvgIpc) is 3.87. The fraction of sp³-hybridized carbons (Fsp3) is 0.0169. The van der Waals surface area contributed by atoms with Crippen molar-refractivity contribution in [2.45, 2.75) is 6.92 Å². The topological polar surface area (TPSA) is 35.6 Å². The average molecular weight is 805 g/mol. The molecule has 4 heteroatoms. The van der Waals surface area contributed by atoms with Crippen molar-refractivity contribution in [2.75, 3.05) is 0 Å². The molecule has 0 saturated heterocycles. The summed E-state index contributed by atoms with van der Waals surface area (Å²) >= 11 is 0. The van der Waals surface area contributed by atoms with Gasteiger partial charge in [-0.25, -0.2) is 9.97 Å². The Bertz CT molecular complexity index is 3560.